The number of rotatable bonds is 17. The van der Waals surface area contributed by atoms with E-state index < -0.39 is 29.2 Å². The van der Waals surface area contributed by atoms with Gasteiger partial charge in [0.05, 0.1) is 0 Å². The zero-order chi connectivity index (χ0) is 21.0. The van der Waals surface area contributed by atoms with Gasteiger partial charge in [-0.1, -0.05) is 85.0 Å². The lowest BCUT2D eigenvalue weighted by Crippen LogP contribution is -2.23. The van der Waals surface area contributed by atoms with E-state index >= 15 is 0 Å². The van der Waals surface area contributed by atoms with E-state index in [1.807, 2.05) is 0 Å². The van der Waals surface area contributed by atoms with Gasteiger partial charge < -0.3 is 19.6 Å². The van der Waals surface area contributed by atoms with Crippen molar-refractivity contribution in [3.63, 3.8) is 0 Å². The van der Waals surface area contributed by atoms with Crippen molar-refractivity contribution < 1.29 is 37.3 Å². The minimum absolute atomic E-state index is 0.614. The maximum Gasteiger partial charge on any atom is 0.486 e. The molecule has 0 aromatic carbocycles. The summed E-state index contributed by atoms with van der Waals surface area (Å²) in [5.74, 6) is 0. The molecule has 2 atom stereocenters. The third kappa shape index (κ3) is 14.3. The topological polar surface area (TPSA) is 134 Å². The molecular weight excluding hydrogens is 413 g/mol. The SMILES string of the molecule is CCCCCCCC(C)(CCCCCCC)P(O)OP(=O)(O)OP(=O)(O)O. The molecule has 11 heteroatoms. The molecule has 27 heavy (non-hydrogen) atoms. The minimum atomic E-state index is -5.20. The average molecular weight is 450 g/mol. The zero-order valence-corrected chi connectivity index (χ0v) is 19.4. The largest absolute Gasteiger partial charge is 0.486 e. The lowest BCUT2D eigenvalue weighted by atomic mass is 9.95. The monoisotopic (exact) mass is 450 g/mol. The van der Waals surface area contributed by atoms with Crippen LogP contribution in [0.2, 0.25) is 0 Å². The number of hydrogen-bond donors (Lipinski definition) is 4. The fourth-order valence-electron chi connectivity index (χ4n) is 2.88. The summed E-state index contributed by atoms with van der Waals surface area (Å²) in [7, 11) is -12.7. The highest BCUT2D eigenvalue weighted by molar-refractivity contribution is 7.66. The van der Waals surface area contributed by atoms with Crippen molar-refractivity contribution in [2.45, 2.75) is 103 Å². The van der Waals surface area contributed by atoms with Crippen molar-refractivity contribution in [3.05, 3.63) is 0 Å². The summed E-state index contributed by atoms with van der Waals surface area (Å²) in [6, 6.07) is 0. The Balaban J connectivity index is 4.85. The first kappa shape index (κ1) is 27.6. The van der Waals surface area contributed by atoms with Crippen LogP contribution in [0.25, 0.3) is 0 Å². The molecule has 0 heterocycles. The summed E-state index contributed by atoms with van der Waals surface area (Å²) in [5.41, 5.74) is 0. The smallest absolute Gasteiger partial charge is 0.349 e. The molecule has 8 nitrogen and oxygen atoms in total. The lowest BCUT2D eigenvalue weighted by molar-refractivity contribution is 0.226. The Bertz CT molecular complexity index is 468. The second-order valence-corrected chi connectivity index (χ2v) is 12.1. The maximum atomic E-state index is 11.8. The van der Waals surface area contributed by atoms with Gasteiger partial charge >= 0.3 is 15.6 Å². The highest BCUT2D eigenvalue weighted by Crippen LogP contribution is 2.67. The second-order valence-electron chi connectivity index (χ2n) is 7.22. The molecule has 0 saturated heterocycles. The third-order valence-corrected chi connectivity index (χ3v) is 8.98. The molecule has 4 N–H and O–H groups in total. The second kappa shape index (κ2) is 13.8. The zero-order valence-electron chi connectivity index (χ0n) is 16.7. The lowest BCUT2D eigenvalue weighted by Gasteiger charge is -2.34. The van der Waals surface area contributed by atoms with Gasteiger partial charge in [0.15, 0.2) is 8.38 Å². The normalized spacial score (nSPS) is 16.3. The first-order chi connectivity index (χ1) is 12.5. The highest BCUT2D eigenvalue weighted by atomic mass is 31.3. The number of unbranched alkanes of at least 4 members (excludes halogenated alkanes) is 8. The summed E-state index contributed by atoms with van der Waals surface area (Å²) < 4.78 is 31.2. The predicted octanol–water partition coefficient (Wildman–Crippen LogP) is 6.00. The van der Waals surface area contributed by atoms with Crippen molar-refractivity contribution >= 4 is 24.0 Å². The predicted molar refractivity (Wildman–Crippen MR) is 108 cm³/mol. The van der Waals surface area contributed by atoms with Crippen LogP contribution >= 0.6 is 24.0 Å². The van der Waals surface area contributed by atoms with E-state index in [0.717, 1.165) is 64.2 Å². The summed E-state index contributed by atoms with van der Waals surface area (Å²) in [6.07, 6.45) is 11.6. The molecule has 0 radical (unpaired) electrons. The fourth-order valence-corrected chi connectivity index (χ4v) is 6.61. The van der Waals surface area contributed by atoms with Gasteiger partial charge in [-0.2, -0.15) is 4.31 Å². The van der Waals surface area contributed by atoms with Gasteiger partial charge in [0.25, 0.3) is 0 Å². The third-order valence-electron chi connectivity index (χ3n) is 4.49. The van der Waals surface area contributed by atoms with Crippen LogP contribution < -0.4 is 0 Å². The van der Waals surface area contributed by atoms with E-state index in [-0.39, 0.29) is 0 Å². The molecule has 164 valence electrons. The summed E-state index contributed by atoms with van der Waals surface area (Å²) in [4.78, 5) is 37.5. The Hall–Kier alpha value is 0.650. The van der Waals surface area contributed by atoms with Crippen molar-refractivity contribution in [2.75, 3.05) is 0 Å². The van der Waals surface area contributed by atoms with Crippen LogP contribution in [-0.4, -0.2) is 24.7 Å². The van der Waals surface area contributed by atoms with Crippen molar-refractivity contribution in [3.8, 4) is 0 Å². The van der Waals surface area contributed by atoms with E-state index in [0.29, 0.717) is 12.8 Å². The van der Waals surface area contributed by atoms with Gasteiger partial charge in [-0.25, -0.2) is 13.4 Å². The van der Waals surface area contributed by atoms with Crippen LogP contribution in [0.1, 0.15) is 97.8 Å². The van der Waals surface area contributed by atoms with Crippen molar-refractivity contribution in [2.24, 2.45) is 0 Å². The molecule has 0 fully saturated rings. The summed E-state index contributed by atoms with van der Waals surface area (Å²) in [6.45, 7) is 6.05. The van der Waals surface area contributed by atoms with E-state index in [9.17, 15) is 18.9 Å². The fraction of sp³-hybridized carbons (Fsp3) is 1.00. The van der Waals surface area contributed by atoms with E-state index in [2.05, 4.69) is 18.2 Å². The van der Waals surface area contributed by atoms with Gasteiger partial charge in [-0.15, -0.1) is 0 Å². The van der Waals surface area contributed by atoms with Crippen LogP contribution in [0.5, 0.6) is 0 Å². The van der Waals surface area contributed by atoms with Crippen molar-refractivity contribution in [1.82, 2.24) is 0 Å². The summed E-state index contributed by atoms with van der Waals surface area (Å²) in [5, 5.41) is -0.732. The highest BCUT2D eigenvalue weighted by Gasteiger charge is 2.42. The molecule has 0 aromatic rings. The quantitative estimate of drug-likeness (QED) is 0.157. The first-order valence-corrected chi connectivity index (χ1v) is 14.0. The molecule has 0 aromatic heterocycles. The van der Waals surface area contributed by atoms with Gasteiger partial charge in [0.1, 0.15) is 0 Å². The molecule has 0 rings (SSSR count). The van der Waals surface area contributed by atoms with Crippen LogP contribution in [0.3, 0.4) is 0 Å². The van der Waals surface area contributed by atoms with Crippen LogP contribution in [0.15, 0.2) is 0 Å². The number of phosphoric acid groups is 2. The maximum absolute atomic E-state index is 11.8. The molecule has 0 aliphatic heterocycles. The van der Waals surface area contributed by atoms with Gasteiger partial charge in [0.2, 0.25) is 0 Å². The Morgan fingerprint density at radius 2 is 1.22 bits per heavy atom. The molecule has 0 bridgehead atoms. The average Bonchev–Trinajstić information content (AvgIpc) is 2.51. The van der Waals surface area contributed by atoms with Crippen LogP contribution in [0.4, 0.5) is 0 Å². The molecule has 0 aliphatic rings. The first-order valence-electron chi connectivity index (χ1n) is 9.74. The van der Waals surface area contributed by atoms with E-state index in [1.54, 1.807) is 6.92 Å². The van der Waals surface area contributed by atoms with Crippen LogP contribution in [-0.2, 0) is 17.8 Å². The molecule has 0 aliphatic carbocycles. The van der Waals surface area contributed by atoms with Crippen molar-refractivity contribution in [1.29, 1.82) is 0 Å². The van der Waals surface area contributed by atoms with Crippen LogP contribution in [0, 0.1) is 0 Å². The molecular formula is C16H37O8P3. The van der Waals surface area contributed by atoms with Gasteiger partial charge in [-0.3, -0.25) is 0 Å². The van der Waals surface area contributed by atoms with E-state index in [1.165, 1.54) is 0 Å². The standard InChI is InChI=1S/C16H37O8P3/c1-4-6-8-10-12-14-16(3,15-13-11-9-7-5-2)25(17)23-27(21,22)24-26(18,19)20/h17H,4-15H2,1-3H3,(H,21,22)(H2,18,19,20). The Labute approximate surface area is 164 Å². The molecule has 0 saturated carbocycles. The minimum Gasteiger partial charge on any atom is -0.349 e. The van der Waals surface area contributed by atoms with Gasteiger partial charge in [0, 0.05) is 5.16 Å². The Morgan fingerprint density at radius 3 is 1.59 bits per heavy atom. The number of hydrogen-bond acceptors (Lipinski definition) is 5. The molecule has 0 amide bonds. The Morgan fingerprint density at radius 1 is 0.815 bits per heavy atom. The molecule has 2 unspecified atom stereocenters. The summed E-state index contributed by atoms with van der Waals surface area (Å²) >= 11 is 0. The van der Waals surface area contributed by atoms with Gasteiger partial charge in [-0.05, 0) is 12.8 Å². The Kier molecular flexibility index (Phi) is 14.1. The molecule has 0 spiro atoms. The van der Waals surface area contributed by atoms with E-state index in [4.69, 9.17) is 14.1 Å².